The second-order valence-corrected chi connectivity index (χ2v) is 7.04. The Hall–Kier alpha value is -1.06. The number of aliphatic hydroxyl groups is 1. The highest BCUT2D eigenvalue weighted by molar-refractivity contribution is 5.33. The van der Waals surface area contributed by atoms with Gasteiger partial charge < -0.3 is 9.84 Å². The SMILES string of the molecule is C[C@@H]1CC[C@H](CO)CN1Cc1ccccc1OC1CCCC1. The molecule has 0 aromatic heterocycles. The molecular formula is C19H29NO2. The van der Waals surface area contributed by atoms with Crippen molar-refractivity contribution in [2.75, 3.05) is 13.2 Å². The van der Waals surface area contributed by atoms with Crippen LogP contribution in [0.25, 0.3) is 0 Å². The minimum Gasteiger partial charge on any atom is -0.490 e. The van der Waals surface area contributed by atoms with Crippen LogP contribution in [0.5, 0.6) is 5.75 Å². The van der Waals surface area contributed by atoms with Crippen LogP contribution in [0.2, 0.25) is 0 Å². The maximum absolute atomic E-state index is 9.45. The quantitative estimate of drug-likeness (QED) is 0.902. The lowest BCUT2D eigenvalue weighted by Gasteiger charge is -2.37. The molecule has 1 saturated heterocycles. The Kier molecular flexibility index (Phi) is 5.37. The number of rotatable bonds is 5. The number of ether oxygens (including phenoxy) is 1. The van der Waals surface area contributed by atoms with E-state index in [2.05, 4.69) is 36.1 Å². The molecule has 2 atom stereocenters. The van der Waals surface area contributed by atoms with E-state index >= 15 is 0 Å². The van der Waals surface area contributed by atoms with E-state index in [4.69, 9.17) is 4.74 Å². The minimum absolute atomic E-state index is 0.309. The number of likely N-dealkylation sites (tertiary alicyclic amines) is 1. The monoisotopic (exact) mass is 303 g/mol. The predicted octanol–water partition coefficient (Wildman–Crippen LogP) is 3.60. The maximum atomic E-state index is 9.45. The summed E-state index contributed by atoms with van der Waals surface area (Å²) in [5.41, 5.74) is 1.29. The molecule has 3 nitrogen and oxygen atoms in total. The number of hydrogen-bond donors (Lipinski definition) is 1. The van der Waals surface area contributed by atoms with E-state index in [1.54, 1.807) is 0 Å². The van der Waals surface area contributed by atoms with Gasteiger partial charge in [0.05, 0.1) is 6.10 Å². The standard InChI is InChI=1S/C19H29NO2/c1-15-10-11-16(14-21)12-20(15)13-17-6-2-5-9-19(17)22-18-7-3-4-8-18/h2,5-6,9,15-16,18,21H,3-4,7-8,10-14H2,1H3/t15-,16+/m1/s1. The van der Waals surface area contributed by atoms with Crippen molar-refractivity contribution in [3.63, 3.8) is 0 Å². The van der Waals surface area contributed by atoms with Crippen LogP contribution in [0.15, 0.2) is 24.3 Å². The third-order valence-electron chi connectivity index (χ3n) is 5.31. The molecule has 1 aromatic rings. The van der Waals surface area contributed by atoms with Crippen molar-refractivity contribution < 1.29 is 9.84 Å². The van der Waals surface area contributed by atoms with Gasteiger partial charge in [-0.15, -0.1) is 0 Å². The van der Waals surface area contributed by atoms with Gasteiger partial charge in [-0.05, 0) is 57.4 Å². The average molecular weight is 303 g/mol. The van der Waals surface area contributed by atoms with E-state index in [9.17, 15) is 5.11 Å². The van der Waals surface area contributed by atoms with Crippen LogP contribution in [0, 0.1) is 5.92 Å². The summed E-state index contributed by atoms with van der Waals surface area (Å²) in [5, 5.41) is 9.45. The van der Waals surface area contributed by atoms with Crippen molar-refractivity contribution in [3.05, 3.63) is 29.8 Å². The Labute approximate surface area is 134 Å². The Morgan fingerprint density at radius 1 is 1.14 bits per heavy atom. The van der Waals surface area contributed by atoms with Crippen molar-refractivity contribution in [3.8, 4) is 5.75 Å². The molecular weight excluding hydrogens is 274 g/mol. The highest BCUT2D eigenvalue weighted by Gasteiger charge is 2.26. The van der Waals surface area contributed by atoms with Gasteiger partial charge in [0.2, 0.25) is 0 Å². The van der Waals surface area contributed by atoms with Crippen molar-refractivity contribution in [2.45, 2.75) is 64.1 Å². The van der Waals surface area contributed by atoms with E-state index in [0.717, 1.165) is 25.3 Å². The summed E-state index contributed by atoms with van der Waals surface area (Å²) in [5.74, 6) is 1.49. The normalized spacial score (nSPS) is 27.2. The van der Waals surface area contributed by atoms with Crippen LogP contribution in [-0.4, -0.2) is 35.3 Å². The molecule has 0 spiro atoms. The summed E-state index contributed by atoms with van der Waals surface area (Å²) in [4.78, 5) is 2.50. The van der Waals surface area contributed by atoms with Crippen LogP contribution in [-0.2, 0) is 6.54 Å². The number of piperidine rings is 1. The summed E-state index contributed by atoms with van der Waals surface area (Å²) in [7, 11) is 0. The van der Waals surface area contributed by atoms with Gasteiger partial charge in [0.1, 0.15) is 5.75 Å². The van der Waals surface area contributed by atoms with Crippen molar-refractivity contribution in [1.82, 2.24) is 4.90 Å². The fraction of sp³-hybridized carbons (Fsp3) is 0.684. The first-order valence-electron chi connectivity index (χ1n) is 8.85. The Morgan fingerprint density at radius 2 is 1.91 bits per heavy atom. The maximum Gasteiger partial charge on any atom is 0.124 e. The molecule has 3 heteroatoms. The highest BCUT2D eigenvalue weighted by atomic mass is 16.5. The molecule has 1 aliphatic heterocycles. The molecule has 2 aliphatic rings. The van der Waals surface area contributed by atoms with Gasteiger partial charge in [0.15, 0.2) is 0 Å². The first-order chi connectivity index (χ1) is 10.8. The molecule has 2 fully saturated rings. The molecule has 0 unspecified atom stereocenters. The Bertz CT molecular complexity index is 470. The molecule has 0 bridgehead atoms. The van der Waals surface area contributed by atoms with Gasteiger partial charge in [-0.2, -0.15) is 0 Å². The second kappa shape index (κ2) is 7.47. The van der Waals surface area contributed by atoms with E-state index in [0.29, 0.717) is 24.7 Å². The first-order valence-corrected chi connectivity index (χ1v) is 8.85. The lowest BCUT2D eigenvalue weighted by atomic mass is 9.93. The molecule has 3 rings (SSSR count). The second-order valence-electron chi connectivity index (χ2n) is 7.04. The summed E-state index contributed by atoms with van der Waals surface area (Å²) in [6.45, 7) is 4.54. The van der Waals surface area contributed by atoms with Crippen LogP contribution in [0.4, 0.5) is 0 Å². The third-order valence-corrected chi connectivity index (χ3v) is 5.31. The molecule has 1 aromatic carbocycles. The van der Waals surface area contributed by atoms with E-state index in [1.807, 2.05) is 0 Å². The van der Waals surface area contributed by atoms with Crippen molar-refractivity contribution in [1.29, 1.82) is 0 Å². The molecule has 22 heavy (non-hydrogen) atoms. The lowest BCUT2D eigenvalue weighted by molar-refractivity contribution is 0.0758. The third kappa shape index (κ3) is 3.82. The zero-order chi connectivity index (χ0) is 15.4. The molecule has 1 N–H and O–H groups in total. The smallest absolute Gasteiger partial charge is 0.124 e. The number of hydrogen-bond acceptors (Lipinski definition) is 3. The first kappa shape index (κ1) is 15.8. The summed E-state index contributed by atoms with van der Waals surface area (Å²) < 4.78 is 6.26. The van der Waals surface area contributed by atoms with Crippen LogP contribution >= 0.6 is 0 Å². The molecule has 0 radical (unpaired) electrons. The number of nitrogens with zero attached hydrogens (tertiary/aromatic N) is 1. The van der Waals surface area contributed by atoms with Gasteiger partial charge in [-0.1, -0.05) is 18.2 Å². The largest absolute Gasteiger partial charge is 0.490 e. The number of benzene rings is 1. The van der Waals surface area contributed by atoms with E-state index < -0.39 is 0 Å². The van der Waals surface area contributed by atoms with Gasteiger partial charge in [-0.25, -0.2) is 0 Å². The molecule has 1 saturated carbocycles. The van der Waals surface area contributed by atoms with E-state index in [-0.39, 0.29) is 0 Å². The minimum atomic E-state index is 0.309. The Morgan fingerprint density at radius 3 is 2.68 bits per heavy atom. The summed E-state index contributed by atoms with van der Waals surface area (Å²) in [6.07, 6.45) is 7.72. The summed E-state index contributed by atoms with van der Waals surface area (Å²) in [6, 6.07) is 9.08. The van der Waals surface area contributed by atoms with Crippen LogP contribution < -0.4 is 4.74 Å². The summed E-state index contributed by atoms with van der Waals surface area (Å²) >= 11 is 0. The van der Waals surface area contributed by atoms with Gasteiger partial charge in [-0.3, -0.25) is 4.90 Å². The lowest BCUT2D eigenvalue weighted by Crippen LogP contribution is -2.42. The topological polar surface area (TPSA) is 32.7 Å². The number of para-hydroxylation sites is 1. The van der Waals surface area contributed by atoms with Gasteiger partial charge in [0, 0.05) is 31.3 Å². The molecule has 1 aliphatic carbocycles. The Balaban J connectivity index is 1.68. The fourth-order valence-corrected chi connectivity index (χ4v) is 3.79. The van der Waals surface area contributed by atoms with Crippen molar-refractivity contribution >= 4 is 0 Å². The van der Waals surface area contributed by atoms with Gasteiger partial charge >= 0.3 is 0 Å². The average Bonchev–Trinajstić information content (AvgIpc) is 3.04. The van der Waals surface area contributed by atoms with E-state index in [1.165, 1.54) is 37.7 Å². The fourth-order valence-electron chi connectivity index (χ4n) is 3.79. The highest BCUT2D eigenvalue weighted by Crippen LogP contribution is 2.29. The van der Waals surface area contributed by atoms with Gasteiger partial charge in [0.25, 0.3) is 0 Å². The number of aliphatic hydroxyl groups excluding tert-OH is 1. The molecule has 122 valence electrons. The zero-order valence-electron chi connectivity index (χ0n) is 13.7. The molecule has 0 amide bonds. The molecule has 1 heterocycles. The van der Waals surface area contributed by atoms with Crippen LogP contribution in [0.3, 0.4) is 0 Å². The van der Waals surface area contributed by atoms with Crippen molar-refractivity contribution in [2.24, 2.45) is 5.92 Å². The zero-order valence-corrected chi connectivity index (χ0v) is 13.7. The van der Waals surface area contributed by atoms with Crippen LogP contribution in [0.1, 0.15) is 51.0 Å². The predicted molar refractivity (Wildman–Crippen MR) is 89.0 cm³/mol.